The first kappa shape index (κ1) is 30.8. The second kappa shape index (κ2) is 13.2. The Morgan fingerprint density at radius 1 is 0.730 bits per heavy atom. The summed E-state index contributed by atoms with van der Waals surface area (Å²) in [5.74, 6) is -4.61. The lowest BCUT2D eigenvalue weighted by molar-refractivity contribution is -0.134. The van der Waals surface area contributed by atoms with Crippen molar-refractivity contribution in [2.75, 3.05) is 16.0 Å². The van der Waals surface area contributed by atoms with Gasteiger partial charge < -0.3 is 26.2 Å². The van der Waals surface area contributed by atoms with E-state index in [1.54, 1.807) is 40.7 Å². The molecule has 0 fully saturated rings. The molecular weight excluding hydrogens is 478 g/mol. The maximum absolute atomic E-state index is 12.6. The number of nitrogens with one attached hydrogen (secondary N) is 3. The fourth-order valence-electron chi connectivity index (χ4n) is 3.01. The Labute approximate surface area is 216 Å². The normalized spacial score (nSPS) is 12.6. The number of amides is 3. The van der Waals surface area contributed by atoms with Crippen molar-refractivity contribution in [3.05, 3.63) is 53.6 Å². The number of carboxylic acid groups (broad SMARTS) is 2. The van der Waals surface area contributed by atoms with Gasteiger partial charge in [0.15, 0.2) is 0 Å². The summed E-state index contributed by atoms with van der Waals surface area (Å²) in [6.45, 7) is 12.1. The third-order valence-electron chi connectivity index (χ3n) is 4.84. The standard InChI is InChI=1S/C27H35N3O7/c1-15(2)8-9-22(31)28-17-10-18(29-23(32)13-20(16(3)4)25(34)35)12-19(11-17)30-24(33)14-21(26(36)37)27(5,6)7/h8-16H,1-7H3,(H,28,31)(H,29,32)(H,30,33)(H,34,35)(H,36,37)/b9-8+,20-13-,21-14+. The Hall–Kier alpha value is -4.21. The van der Waals surface area contributed by atoms with Gasteiger partial charge in [-0.3, -0.25) is 14.4 Å². The zero-order valence-corrected chi connectivity index (χ0v) is 22.1. The van der Waals surface area contributed by atoms with Crippen LogP contribution in [0.25, 0.3) is 0 Å². The average molecular weight is 514 g/mol. The van der Waals surface area contributed by atoms with Gasteiger partial charge in [-0.1, -0.05) is 54.5 Å². The Bertz CT molecular complexity index is 1150. The van der Waals surface area contributed by atoms with Crippen LogP contribution < -0.4 is 16.0 Å². The number of carboxylic acids is 2. The smallest absolute Gasteiger partial charge is 0.332 e. The van der Waals surface area contributed by atoms with Crippen molar-refractivity contribution >= 4 is 46.7 Å². The molecule has 0 heterocycles. The molecule has 200 valence electrons. The quantitative estimate of drug-likeness (QED) is 0.289. The van der Waals surface area contributed by atoms with Crippen LogP contribution in [0, 0.1) is 17.3 Å². The number of hydrogen-bond acceptors (Lipinski definition) is 5. The van der Waals surface area contributed by atoms with Crippen LogP contribution in [-0.4, -0.2) is 39.9 Å². The molecule has 0 aliphatic rings. The van der Waals surface area contributed by atoms with E-state index < -0.39 is 41.0 Å². The molecule has 3 amide bonds. The molecule has 0 radical (unpaired) electrons. The fourth-order valence-corrected chi connectivity index (χ4v) is 3.01. The molecule has 37 heavy (non-hydrogen) atoms. The highest BCUT2D eigenvalue weighted by Gasteiger charge is 2.24. The van der Waals surface area contributed by atoms with Crippen LogP contribution >= 0.6 is 0 Å². The summed E-state index contributed by atoms with van der Waals surface area (Å²) in [4.78, 5) is 60.4. The van der Waals surface area contributed by atoms with E-state index in [0.717, 1.165) is 12.2 Å². The Morgan fingerprint density at radius 2 is 1.16 bits per heavy atom. The number of anilines is 3. The molecule has 0 atom stereocenters. The van der Waals surface area contributed by atoms with Crippen LogP contribution in [0.3, 0.4) is 0 Å². The molecule has 0 unspecified atom stereocenters. The van der Waals surface area contributed by atoms with Crippen molar-refractivity contribution < 1.29 is 34.2 Å². The third kappa shape index (κ3) is 10.9. The number of carbonyl (C=O) groups is 5. The monoisotopic (exact) mass is 513 g/mol. The van der Waals surface area contributed by atoms with Gasteiger partial charge in [-0.25, -0.2) is 9.59 Å². The maximum Gasteiger partial charge on any atom is 0.332 e. The van der Waals surface area contributed by atoms with Crippen molar-refractivity contribution in [1.29, 1.82) is 0 Å². The van der Waals surface area contributed by atoms with Gasteiger partial charge in [0.1, 0.15) is 0 Å². The molecule has 1 rings (SSSR count). The number of aliphatic carboxylic acids is 2. The zero-order chi connectivity index (χ0) is 28.5. The highest BCUT2D eigenvalue weighted by Crippen LogP contribution is 2.27. The van der Waals surface area contributed by atoms with E-state index in [1.807, 2.05) is 13.8 Å². The molecule has 1 aromatic carbocycles. The van der Waals surface area contributed by atoms with Gasteiger partial charge >= 0.3 is 11.9 Å². The van der Waals surface area contributed by atoms with Crippen LogP contribution in [0.4, 0.5) is 17.1 Å². The van der Waals surface area contributed by atoms with E-state index in [4.69, 9.17) is 0 Å². The number of carbonyl (C=O) groups excluding carboxylic acids is 3. The van der Waals surface area contributed by atoms with Crippen LogP contribution in [0.2, 0.25) is 0 Å². The van der Waals surface area contributed by atoms with E-state index in [9.17, 15) is 34.2 Å². The van der Waals surface area contributed by atoms with Gasteiger partial charge in [-0.2, -0.15) is 0 Å². The van der Waals surface area contributed by atoms with Gasteiger partial charge in [-0.15, -0.1) is 0 Å². The number of rotatable bonds is 10. The molecule has 0 saturated heterocycles. The van der Waals surface area contributed by atoms with Crippen molar-refractivity contribution in [3.63, 3.8) is 0 Å². The lowest BCUT2D eigenvalue weighted by Gasteiger charge is -2.19. The first-order chi connectivity index (χ1) is 17.0. The van der Waals surface area contributed by atoms with E-state index in [1.165, 1.54) is 24.3 Å². The summed E-state index contributed by atoms with van der Waals surface area (Å²) in [7, 11) is 0. The predicted molar refractivity (Wildman–Crippen MR) is 142 cm³/mol. The van der Waals surface area contributed by atoms with Gasteiger partial charge in [0.25, 0.3) is 0 Å². The first-order valence-corrected chi connectivity index (χ1v) is 11.7. The molecular formula is C27H35N3O7. The Morgan fingerprint density at radius 3 is 1.51 bits per heavy atom. The Kier molecular flexibility index (Phi) is 11.0. The van der Waals surface area contributed by atoms with Gasteiger partial charge in [-0.05, 0) is 41.5 Å². The third-order valence-corrected chi connectivity index (χ3v) is 4.84. The van der Waals surface area contributed by atoms with Crippen LogP contribution in [0.5, 0.6) is 0 Å². The summed E-state index contributed by atoms with van der Waals surface area (Å²) in [6.07, 6.45) is 4.98. The molecule has 5 N–H and O–H groups in total. The average Bonchev–Trinajstić information content (AvgIpc) is 2.72. The summed E-state index contributed by atoms with van der Waals surface area (Å²) in [6, 6.07) is 4.27. The number of allylic oxidation sites excluding steroid dienone is 1. The predicted octanol–water partition coefficient (Wildman–Crippen LogP) is 4.44. The highest BCUT2D eigenvalue weighted by molar-refractivity contribution is 6.08. The minimum Gasteiger partial charge on any atom is -0.478 e. The largest absolute Gasteiger partial charge is 0.478 e. The molecule has 0 spiro atoms. The van der Waals surface area contributed by atoms with E-state index in [2.05, 4.69) is 16.0 Å². The second-order valence-corrected chi connectivity index (χ2v) is 10.0. The SMILES string of the molecule is CC(C)/C=C/C(=O)Nc1cc(NC(=O)/C=C(\C(=O)O)C(C)C)cc(NC(=O)/C=C(\C(=O)O)C(C)(C)C)c1. The lowest BCUT2D eigenvalue weighted by atomic mass is 9.86. The molecule has 0 saturated carbocycles. The molecule has 10 heteroatoms. The maximum atomic E-state index is 12.6. The molecule has 0 bridgehead atoms. The Balaban J connectivity index is 3.39. The number of hydrogen-bond donors (Lipinski definition) is 5. The summed E-state index contributed by atoms with van der Waals surface area (Å²) >= 11 is 0. The van der Waals surface area contributed by atoms with Gasteiger partial charge in [0, 0.05) is 40.4 Å². The fraction of sp³-hybridized carbons (Fsp3) is 0.370. The lowest BCUT2D eigenvalue weighted by Crippen LogP contribution is -2.21. The summed E-state index contributed by atoms with van der Waals surface area (Å²) < 4.78 is 0. The molecule has 0 aromatic heterocycles. The minimum atomic E-state index is -1.24. The topological polar surface area (TPSA) is 162 Å². The first-order valence-electron chi connectivity index (χ1n) is 11.7. The van der Waals surface area contributed by atoms with Crippen LogP contribution in [-0.2, 0) is 24.0 Å². The molecule has 10 nitrogen and oxygen atoms in total. The van der Waals surface area contributed by atoms with Crippen molar-refractivity contribution in [2.45, 2.75) is 48.5 Å². The summed E-state index contributed by atoms with van der Waals surface area (Å²) in [5, 5.41) is 26.5. The van der Waals surface area contributed by atoms with Crippen molar-refractivity contribution in [2.24, 2.45) is 17.3 Å². The van der Waals surface area contributed by atoms with Gasteiger partial charge in [0.2, 0.25) is 17.7 Å². The molecule has 1 aromatic rings. The van der Waals surface area contributed by atoms with Crippen molar-refractivity contribution in [3.8, 4) is 0 Å². The van der Waals surface area contributed by atoms with Crippen LogP contribution in [0.15, 0.2) is 53.6 Å². The van der Waals surface area contributed by atoms with E-state index in [0.29, 0.717) is 0 Å². The molecule has 0 aliphatic heterocycles. The highest BCUT2D eigenvalue weighted by atomic mass is 16.4. The van der Waals surface area contributed by atoms with E-state index >= 15 is 0 Å². The van der Waals surface area contributed by atoms with E-state index in [-0.39, 0.29) is 34.1 Å². The zero-order valence-electron chi connectivity index (χ0n) is 22.1. The number of benzene rings is 1. The summed E-state index contributed by atoms with van der Waals surface area (Å²) in [5.41, 5.74) is -0.451. The second-order valence-electron chi connectivity index (χ2n) is 10.0. The van der Waals surface area contributed by atoms with Crippen LogP contribution in [0.1, 0.15) is 48.5 Å². The minimum absolute atomic E-state index is 0.0946. The molecule has 0 aliphatic carbocycles. The van der Waals surface area contributed by atoms with Gasteiger partial charge in [0.05, 0.1) is 0 Å². The van der Waals surface area contributed by atoms with Crippen molar-refractivity contribution in [1.82, 2.24) is 0 Å².